The van der Waals surface area contributed by atoms with E-state index in [1.165, 1.54) is 17.8 Å². The van der Waals surface area contributed by atoms with Crippen LogP contribution in [0.2, 0.25) is 0 Å². The van der Waals surface area contributed by atoms with Crippen LogP contribution >= 0.6 is 11.3 Å². The maximum absolute atomic E-state index is 5.50. The number of hydrogen-bond donors (Lipinski definition) is 1. The monoisotopic (exact) mass is 212 g/mol. The molecule has 0 aliphatic carbocycles. The molecular weight excluding hydrogens is 192 g/mol. The maximum atomic E-state index is 5.50. The Morgan fingerprint density at radius 1 is 1.50 bits per heavy atom. The van der Waals surface area contributed by atoms with Crippen molar-refractivity contribution in [3.63, 3.8) is 0 Å². The van der Waals surface area contributed by atoms with Gasteiger partial charge in [0, 0.05) is 17.2 Å². The molecule has 0 saturated carbocycles. The summed E-state index contributed by atoms with van der Waals surface area (Å²) in [6.45, 7) is 7.44. The van der Waals surface area contributed by atoms with E-state index in [0.717, 1.165) is 12.1 Å². The number of rotatable bonds is 5. The van der Waals surface area contributed by atoms with Crippen LogP contribution in [0.15, 0.2) is 5.38 Å². The van der Waals surface area contributed by atoms with Gasteiger partial charge in [-0.05, 0) is 13.0 Å². The summed E-state index contributed by atoms with van der Waals surface area (Å²) in [5.41, 5.74) is 6.88. The predicted octanol–water partition coefficient (Wildman–Crippen LogP) is 2.72. The van der Waals surface area contributed by atoms with E-state index in [1.807, 2.05) is 0 Å². The van der Waals surface area contributed by atoms with Crippen molar-refractivity contribution in [2.45, 2.75) is 45.4 Å². The normalized spacial score (nSPS) is 12.0. The lowest BCUT2D eigenvalue weighted by atomic mass is 9.89. The average Bonchev–Trinajstić information content (AvgIpc) is 2.54. The van der Waals surface area contributed by atoms with E-state index in [4.69, 9.17) is 5.73 Å². The molecule has 0 aliphatic rings. The van der Waals surface area contributed by atoms with E-state index < -0.39 is 0 Å². The van der Waals surface area contributed by atoms with Crippen molar-refractivity contribution in [2.75, 3.05) is 6.54 Å². The summed E-state index contributed by atoms with van der Waals surface area (Å²) >= 11 is 1.77. The van der Waals surface area contributed by atoms with Crippen molar-refractivity contribution >= 4 is 11.3 Å². The molecule has 80 valence electrons. The van der Waals surface area contributed by atoms with Gasteiger partial charge < -0.3 is 5.73 Å². The minimum atomic E-state index is 0.228. The smallest absolute Gasteiger partial charge is 0.0984 e. The molecule has 1 heterocycles. The molecule has 0 atom stereocenters. The first-order valence-corrected chi connectivity index (χ1v) is 6.13. The summed E-state index contributed by atoms with van der Waals surface area (Å²) in [6, 6.07) is 0. The molecule has 2 nitrogen and oxygen atoms in total. The zero-order valence-electron chi connectivity index (χ0n) is 9.34. The Labute approximate surface area is 90.6 Å². The molecule has 0 saturated heterocycles. The van der Waals surface area contributed by atoms with Gasteiger partial charge in [0.1, 0.15) is 0 Å². The van der Waals surface area contributed by atoms with E-state index in [-0.39, 0.29) is 5.41 Å². The first-order valence-electron chi connectivity index (χ1n) is 5.25. The maximum Gasteiger partial charge on any atom is 0.0984 e. The SMILES string of the molecule is CCCC(C)(C)c1nc(CCN)cs1. The van der Waals surface area contributed by atoms with E-state index in [2.05, 4.69) is 31.1 Å². The van der Waals surface area contributed by atoms with Gasteiger partial charge in [0.2, 0.25) is 0 Å². The van der Waals surface area contributed by atoms with Gasteiger partial charge in [0.15, 0.2) is 0 Å². The Kier molecular flexibility index (Phi) is 4.08. The highest BCUT2D eigenvalue weighted by Crippen LogP contribution is 2.30. The van der Waals surface area contributed by atoms with Crippen molar-refractivity contribution in [2.24, 2.45) is 5.73 Å². The molecule has 2 N–H and O–H groups in total. The molecule has 1 aromatic heterocycles. The zero-order chi connectivity index (χ0) is 10.6. The molecule has 0 fully saturated rings. The minimum absolute atomic E-state index is 0.228. The molecule has 0 spiro atoms. The van der Waals surface area contributed by atoms with Gasteiger partial charge in [-0.3, -0.25) is 0 Å². The van der Waals surface area contributed by atoms with Crippen molar-refractivity contribution in [1.82, 2.24) is 4.98 Å². The minimum Gasteiger partial charge on any atom is -0.330 e. The third kappa shape index (κ3) is 2.79. The number of thiazole rings is 1. The second kappa shape index (κ2) is 4.89. The van der Waals surface area contributed by atoms with Crippen LogP contribution in [-0.4, -0.2) is 11.5 Å². The Morgan fingerprint density at radius 2 is 2.21 bits per heavy atom. The Hall–Kier alpha value is -0.410. The summed E-state index contributed by atoms with van der Waals surface area (Å²) in [6.07, 6.45) is 3.31. The molecule has 0 bridgehead atoms. The van der Waals surface area contributed by atoms with Crippen LogP contribution in [0.3, 0.4) is 0 Å². The Bertz CT molecular complexity index is 279. The highest BCUT2D eigenvalue weighted by atomic mass is 32.1. The fraction of sp³-hybridized carbons (Fsp3) is 0.727. The molecular formula is C11H20N2S. The number of nitrogens with zero attached hydrogens (tertiary/aromatic N) is 1. The van der Waals surface area contributed by atoms with E-state index in [9.17, 15) is 0 Å². The zero-order valence-corrected chi connectivity index (χ0v) is 10.2. The van der Waals surface area contributed by atoms with Gasteiger partial charge in [-0.25, -0.2) is 4.98 Å². The number of hydrogen-bond acceptors (Lipinski definition) is 3. The van der Waals surface area contributed by atoms with Gasteiger partial charge in [-0.15, -0.1) is 11.3 Å². The lowest BCUT2D eigenvalue weighted by Gasteiger charge is -2.20. The first kappa shape index (κ1) is 11.7. The van der Waals surface area contributed by atoms with Crippen LogP contribution in [0.25, 0.3) is 0 Å². The quantitative estimate of drug-likeness (QED) is 0.815. The molecule has 3 heteroatoms. The molecule has 0 radical (unpaired) electrons. The lowest BCUT2D eigenvalue weighted by molar-refractivity contribution is 0.469. The van der Waals surface area contributed by atoms with Crippen LogP contribution in [0.5, 0.6) is 0 Å². The number of nitrogens with two attached hydrogens (primary N) is 1. The largest absolute Gasteiger partial charge is 0.330 e. The summed E-state index contributed by atoms with van der Waals surface area (Å²) < 4.78 is 0. The average molecular weight is 212 g/mol. The molecule has 0 unspecified atom stereocenters. The molecule has 0 aliphatic heterocycles. The van der Waals surface area contributed by atoms with Gasteiger partial charge >= 0.3 is 0 Å². The summed E-state index contributed by atoms with van der Waals surface area (Å²) in [7, 11) is 0. The van der Waals surface area contributed by atoms with Crippen LogP contribution in [0.4, 0.5) is 0 Å². The van der Waals surface area contributed by atoms with Crippen LogP contribution in [-0.2, 0) is 11.8 Å². The highest BCUT2D eigenvalue weighted by molar-refractivity contribution is 7.09. The van der Waals surface area contributed by atoms with Crippen molar-refractivity contribution < 1.29 is 0 Å². The van der Waals surface area contributed by atoms with E-state index >= 15 is 0 Å². The van der Waals surface area contributed by atoms with Gasteiger partial charge in [0.25, 0.3) is 0 Å². The van der Waals surface area contributed by atoms with Crippen molar-refractivity contribution in [3.8, 4) is 0 Å². The fourth-order valence-electron chi connectivity index (χ4n) is 1.61. The topological polar surface area (TPSA) is 38.9 Å². The van der Waals surface area contributed by atoms with Crippen LogP contribution < -0.4 is 5.73 Å². The van der Waals surface area contributed by atoms with E-state index in [1.54, 1.807) is 11.3 Å². The molecule has 1 aromatic rings. The summed E-state index contributed by atoms with van der Waals surface area (Å²) in [5.74, 6) is 0. The van der Waals surface area contributed by atoms with E-state index in [0.29, 0.717) is 6.54 Å². The first-order chi connectivity index (χ1) is 6.60. The highest BCUT2D eigenvalue weighted by Gasteiger charge is 2.22. The number of aromatic nitrogens is 1. The fourth-order valence-corrected chi connectivity index (χ4v) is 2.62. The standard InChI is InChI=1S/C11H20N2S/c1-4-6-11(2,3)10-13-9(5-7-12)8-14-10/h8H,4-7,12H2,1-3H3. The summed E-state index contributed by atoms with van der Waals surface area (Å²) in [4.78, 5) is 4.63. The Morgan fingerprint density at radius 3 is 2.79 bits per heavy atom. The van der Waals surface area contributed by atoms with Crippen molar-refractivity contribution in [3.05, 3.63) is 16.1 Å². The second-order valence-corrected chi connectivity index (χ2v) is 5.17. The van der Waals surface area contributed by atoms with Crippen LogP contribution in [0, 0.1) is 0 Å². The second-order valence-electron chi connectivity index (χ2n) is 4.32. The third-order valence-electron chi connectivity index (χ3n) is 2.41. The summed E-state index contributed by atoms with van der Waals surface area (Å²) in [5, 5.41) is 3.39. The Balaban J connectivity index is 2.74. The van der Waals surface area contributed by atoms with Crippen LogP contribution in [0.1, 0.15) is 44.3 Å². The van der Waals surface area contributed by atoms with Gasteiger partial charge in [-0.1, -0.05) is 27.2 Å². The third-order valence-corrected chi connectivity index (χ3v) is 3.66. The molecule has 14 heavy (non-hydrogen) atoms. The predicted molar refractivity (Wildman–Crippen MR) is 62.8 cm³/mol. The molecule has 1 rings (SSSR count). The molecule has 0 amide bonds. The van der Waals surface area contributed by atoms with Gasteiger partial charge in [-0.2, -0.15) is 0 Å². The van der Waals surface area contributed by atoms with Gasteiger partial charge in [0.05, 0.1) is 10.7 Å². The lowest BCUT2D eigenvalue weighted by Crippen LogP contribution is -2.16. The molecule has 0 aromatic carbocycles. The van der Waals surface area contributed by atoms with Crippen molar-refractivity contribution in [1.29, 1.82) is 0 Å².